The van der Waals surface area contributed by atoms with Crippen molar-refractivity contribution in [2.75, 3.05) is 18.4 Å². The fourth-order valence-corrected chi connectivity index (χ4v) is 4.71. The van der Waals surface area contributed by atoms with Gasteiger partial charge in [-0.3, -0.25) is 4.79 Å². The number of unbranched alkanes of at least 4 members (excludes halogenated alkanes) is 1. The minimum absolute atomic E-state index is 0.0510. The van der Waals surface area contributed by atoms with Crippen LogP contribution in [0, 0.1) is 6.92 Å². The number of amides is 3. The Morgan fingerprint density at radius 3 is 2.29 bits per heavy atom. The number of para-hydroxylation sites is 1. The van der Waals surface area contributed by atoms with Gasteiger partial charge in [-0.15, -0.1) is 11.3 Å². The van der Waals surface area contributed by atoms with Crippen molar-refractivity contribution in [2.24, 2.45) is 0 Å². The van der Waals surface area contributed by atoms with Crippen LogP contribution in [0.4, 0.5) is 10.5 Å². The predicted molar refractivity (Wildman–Crippen MR) is 141 cm³/mol. The highest BCUT2D eigenvalue weighted by Crippen LogP contribution is 2.20. The molecule has 5 nitrogen and oxygen atoms in total. The van der Waals surface area contributed by atoms with Crippen LogP contribution in [0.15, 0.2) is 66.7 Å². The number of hydrogen-bond acceptors (Lipinski definition) is 3. The van der Waals surface area contributed by atoms with Crippen LogP contribution in [0.5, 0.6) is 0 Å². The van der Waals surface area contributed by atoms with E-state index < -0.39 is 0 Å². The van der Waals surface area contributed by atoms with E-state index in [1.165, 1.54) is 4.88 Å². The number of anilines is 1. The molecule has 0 unspecified atom stereocenters. The van der Waals surface area contributed by atoms with Gasteiger partial charge in [-0.25, -0.2) is 4.79 Å². The van der Waals surface area contributed by atoms with Crippen molar-refractivity contribution < 1.29 is 9.59 Å². The lowest BCUT2D eigenvalue weighted by Crippen LogP contribution is -2.44. The molecule has 0 aliphatic rings. The summed E-state index contributed by atoms with van der Waals surface area (Å²) in [6, 6.07) is 21.8. The van der Waals surface area contributed by atoms with Crippen molar-refractivity contribution in [2.45, 2.75) is 53.1 Å². The number of thiophene rings is 1. The molecule has 6 heteroatoms. The first kappa shape index (κ1) is 25.5. The molecule has 180 valence electrons. The summed E-state index contributed by atoms with van der Waals surface area (Å²) in [5, 5.41) is 3.04. The lowest BCUT2D eigenvalue weighted by Gasteiger charge is -2.28. The molecule has 0 saturated carbocycles. The third-order valence-electron chi connectivity index (χ3n) is 5.75. The van der Waals surface area contributed by atoms with Crippen LogP contribution >= 0.6 is 11.3 Å². The molecule has 0 atom stereocenters. The van der Waals surface area contributed by atoms with Gasteiger partial charge in [0, 0.05) is 28.5 Å². The van der Waals surface area contributed by atoms with Crippen LogP contribution in [-0.2, 0) is 24.3 Å². The minimum Gasteiger partial charge on any atom is -0.332 e. The number of nitrogens with zero attached hydrogens (tertiary/aromatic N) is 2. The van der Waals surface area contributed by atoms with Gasteiger partial charge in [0.25, 0.3) is 0 Å². The van der Waals surface area contributed by atoms with Gasteiger partial charge >= 0.3 is 6.03 Å². The summed E-state index contributed by atoms with van der Waals surface area (Å²) < 4.78 is 0. The Bertz CT molecular complexity index is 1060. The van der Waals surface area contributed by atoms with Gasteiger partial charge in [-0.1, -0.05) is 68.8 Å². The van der Waals surface area contributed by atoms with Crippen molar-refractivity contribution >= 4 is 29.0 Å². The van der Waals surface area contributed by atoms with E-state index in [9.17, 15) is 9.59 Å². The maximum atomic E-state index is 13.5. The van der Waals surface area contributed by atoms with E-state index in [1.807, 2.05) is 59.5 Å². The van der Waals surface area contributed by atoms with Gasteiger partial charge in [0.05, 0.1) is 6.54 Å². The largest absolute Gasteiger partial charge is 0.332 e. The molecule has 34 heavy (non-hydrogen) atoms. The summed E-state index contributed by atoms with van der Waals surface area (Å²) in [4.78, 5) is 32.6. The number of nitrogens with one attached hydrogen (secondary N) is 1. The quantitative estimate of drug-likeness (QED) is 0.343. The van der Waals surface area contributed by atoms with E-state index in [4.69, 9.17) is 0 Å². The fraction of sp³-hybridized carbons (Fsp3) is 0.357. The summed E-state index contributed by atoms with van der Waals surface area (Å²) in [5.41, 5.74) is 2.96. The zero-order chi connectivity index (χ0) is 24.3. The van der Waals surface area contributed by atoms with Gasteiger partial charge in [0.2, 0.25) is 5.91 Å². The molecule has 3 amide bonds. The molecular weight excluding hydrogens is 442 g/mol. The SMILES string of the molecule is CCCCN(CC(=O)N(Cc1ccccc1)Cc1ccc(C)s1)C(=O)Nc1ccccc1CC. The summed E-state index contributed by atoms with van der Waals surface area (Å²) >= 11 is 1.70. The predicted octanol–water partition coefficient (Wildman–Crippen LogP) is 6.48. The molecule has 2 aromatic carbocycles. The minimum atomic E-state index is -0.227. The Balaban J connectivity index is 1.76. The third kappa shape index (κ3) is 7.45. The van der Waals surface area contributed by atoms with Crippen LogP contribution in [0.3, 0.4) is 0 Å². The third-order valence-corrected chi connectivity index (χ3v) is 6.73. The van der Waals surface area contributed by atoms with E-state index in [-0.39, 0.29) is 18.5 Å². The second kappa shape index (κ2) is 12.9. The van der Waals surface area contributed by atoms with Gasteiger partial charge < -0.3 is 15.1 Å². The molecule has 0 spiro atoms. The highest BCUT2D eigenvalue weighted by Gasteiger charge is 2.22. The van der Waals surface area contributed by atoms with E-state index >= 15 is 0 Å². The average molecular weight is 478 g/mol. The Kier molecular flexibility index (Phi) is 9.71. The van der Waals surface area contributed by atoms with Gasteiger partial charge in [-0.2, -0.15) is 0 Å². The standard InChI is InChI=1S/C28H35N3O2S/c1-4-6-18-30(28(33)29-26-15-11-10-14-24(26)5-2)21-27(32)31(19-23-12-8-7-9-13-23)20-25-17-16-22(3)34-25/h7-17H,4-6,18-21H2,1-3H3,(H,29,33). The second-order valence-corrected chi connectivity index (χ2v) is 9.84. The van der Waals surface area contributed by atoms with Gasteiger partial charge in [0.1, 0.15) is 6.54 Å². The van der Waals surface area contributed by atoms with E-state index in [1.54, 1.807) is 16.2 Å². The molecule has 3 rings (SSSR count). The van der Waals surface area contributed by atoms with E-state index in [0.29, 0.717) is 19.6 Å². The Morgan fingerprint density at radius 1 is 0.882 bits per heavy atom. The van der Waals surface area contributed by atoms with Crippen LogP contribution in [0.2, 0.25) is 0 Å². The van der Waals surface area contributed by atoms with E-state index in [2.05, 4.69) is 38.2 Å². The number of benzene rings is 2. The average Bonchev–Trinajstić information content (AvgIpc) is 3.26. The molecule has 0 radical (unpaired) electrons. The summed E-state index contributed by atoms with van der Waals surface area (Å²) in [6.45, 7) is 7.87. The number of aryl methyl sites for hydroxylation is 2. The molecule has 1 N–H and O–H groups in total. The van der Waals surface area contributed by atoms with Crippen LogP contribution < -0.4 is 5.32 Å². The zero-order valence-corrected chi connectivity index (χ0v) is 21.2. The van der Waals surface area contributed by atoms with Crippen molar-refractivity contribution in [3.63, 3.8) is 0 Å². The summed E-state index contributed by atoms with van der Waals surface area (Å²) in [7, 11) is 0. The number of urea groups is 1. The maximum absolute atomic E-state index is 13.5. The number of carbonyl (C=O) groups excluding carboxylic acids is 2. The Hall–Kier alpha value is -3.12. The van der Waals surface area contributed by atoms with Gasteiger partial charge in [-0.05, 0) is 49.1 Å². The molecule has 0 fully saturated rings. The topological polar surface area (TPSA) is 52.7 Å². The highest BCUT2D eigenvalue weighted by atomic mass is 32.1. The zero-order valence-electron chi connectivity index (χ0n) is 20.4. The number of hydrogen-bond donors (Lipinski definition) is 1. The van der Waals surface area contributed by atoms with Crippen molar-refractivity contribution in [1.82, 2.24) is 9.80 Å². The lowest BCUT2D eigenvalue weighted by atomic mass is 10.1. The Labute approximate surface area is 207 Å². The molecule has 0 aliphatic carbocycles. The van der Waals surface area contributed by atoms with Crippen LogP contribution in [0.1, 0.15) is 47.6 Å². The molecule has 0 aliphatic heterocycles. The van der Waals surface area contributed by atoms with Crippen LogP contribution in [0.25, 0.3) is 0 Å². The van der Waals surface area contributed by atoms with Crippen molar-refractivity contribution in [1.29, 1.82) is 0 Å². The van der Waals surface area contributed by atoms with E-state index in [0.717, 1.165) is 41.0 Å². The monoisotopic (exact) mass is 477 g/mol. The van der Waals surface area contributed by atoms with Crippen molar-refractivity contribution in [3.8, 4) is 0 Å². The molecule has 1 aromatic heterocycles. The van der Waals surface area contributed by atoms with Crippen molar-refractivity contribution in [3.05, 3.63) is 87.6 Å². The molecule has 0 bridgehead atoms. The second-order valence-electron chi connectivity index (χ2n) is 8.46. The summed E-state index contributed by atoms with van der Waals surface area (Å²) in [6.07, 6.45) is 2.63. The smallest absolute Gasteiger partial charge is 0.322 e. The lowest BCUT2D eigenvalue weighted by molar-refractivity contribution is -0.133. The first-order chi connectivity index (χ1) is 16.5. The first-order valence-electron chi connectivity index (χ1n) is 12.0. The number of carbonyl (C=O) groups is 2. The maximum Gasteiger partial charge on any atom is 0.322 e. The number of rotatable bonds is 11. The fourth-order valence-electron chi connectivity index (χ4n) is 3.80. The normalized spacial score (nSPS) is 10.7. The first-order valence-corrected chi connectivity index (χ1v) is 12.8. The molecule has 3 aromatic rings. The molecule has 0 saturated heterocycles. The molecular formula is C28H35N3O2S. The summed E-state index contributed by atoms with van der Waals surface area (Å²) in [5.74, 6) is -0.0510. The molecule has 1 heterocycles. The Morgan fingerprint density at radius 2 is 1.62 bits per heavy atom. The van der Waals surface area contributed by atoms with Gasteiger partial charge in [0.15, 0.2) is 0 Å². The van der Waals surface area contributed by atoms with Crippen LogP contribution in [-0.4, -0.2) is 34.8 Å². The highest BCUT2D eigenvalue weighted by molar-refractivity contribution is 7.11.